The number of ketones is 1. The largest absolute Gasteiger partial charge is 0.393 e. The molecular formula is C32H34F2N2O5S. The molecule has 1 saturated carbocycles. The highest BCUT2D eigenvalue weighted by molar-refractivity contribution is 7.22. The third kappa shape index (κ3) is 5.88. The van der Waals surface area contributed by atoms with Crippen LogP contribution in [0.15, 0.2) is 52.1 Å². The number of hydrogen-bond acceptors (Lipinski definition) is 6. The molecule has 5 rings (SSSR count). The molecule has 1 fully saturated rings. The van der Waals surface area contributed by atoms with Gasteiger partial charge in [0.1, 0.15) is 23.1 Å². The lowest BCUT2D eigenvalue weighted by Gasteiger charge is -2.27. The topological polar surface area (TPSA) is 90.5 Å². The Morgan fingerprint density at radius 1 is 1.02 bits per heavy atom. The smallest absolute Gasteiger partial charge is 0.332 e. The van der Waals surface area contributed by atoms with Crippen LogP contribution in [-0.2, 0) is 28.9 Å². The van der Waals surface area contributed by atoms with Gasteiger partial charge in [0.15, 0.2) is 5.78 Å². The summed E-state index contributed by atoms with van der Waals surface area (Å²) in [7, 11) is 1.48. The van der Waals surface area contributed by atoms with Crippen molar-refractivity contribution in [2.45, 2.75) is 70.6 Å². The van der Waals surface area contributed by atoms with Crippen LogP contribution in [0, 0.1) is 11.6 Å². The molecule has 2 aromatic heterocycles. The van der Waals surface area contributed by atoms with Crippen molar-refractivity contribution in [1.29, 1.82) is 0 Å². The van der Waals surface area contributed by atoms with Gasteiger partial charge in [0, 0.05) is 30.0 Å². The number of aliphatic hydroxyl groups is 1. The van der Waals surface area contributed by atoms with Gasteiger partial charge in [0.05, 0.1) is 18.0 Å². The van der Waals surface area contributed by atoms with Crippen molar-refractivity contribution in [3.05, 3.63) is 91.6 Å². The molecule has 0 atom stereocenters. The van der Waals surface area contributed by atoms with E-state index in [0.717, 1.165) is 40.1 Å². The van der Waals surface area contributed by atoms with E-state index in [1.54, 1.807) is 0 Å². The predicted molar refractivity (Wildman–Crippen MR) is 159 cm³/mol. The number of aliphatic hydroxyl groups excluding tert-OH is 1. The van der Waals surface area contributed by atoms with Crippen molar-refractivity contribution in [3.8, 4) is 10.4 Å². The van der Waals surface area contributed by atoms with Crippen molar-refractivity contribution in [2.24, 2.45) is 0 Å². The lowest BCUT2D eigenvalue weighted by molar-refractivity contribution is -0.121. The molecule has 222 valence electrons. The number of fused-ring (bicyclic) bond motifs is 1. The van der Waals surface area contributed by atoms with E-state index in [1.165, 1.54) is 33.6 Å². The molecular weight excluding hydrogens is 562 g/mol. The number of ether oxygens (including phenoxy) is 1. The number of Topliss-reactive ketones (excluding diaryl/α,β-unsaturated/α-hetero) is 1. The van der Waals surface area contributed by atoms with Gasteiger partial charge in [-0.2, -0.15) is 0 Å². The summed E-state index contributed by atoms with van der Waals surface area (Å²) in [5, 5.41) is 10.4. The molecule has 0 bridgehead atoms. The number of benzene rings is 2. The Kier molecular flexibility index (Phi) is 9.15. The van der Waals surface area contributed by atoms with Crippen LogP contribution < -0.4 is 11.2 Å². The van der Waals surface area contributed by atoms with Crippen molar-refractivity contribution < 1.29 is 23.4 Å². The maximum absolute atomic E-state index is 14.8. The van der Waals surface area contributed by atoms with Gasteiger partial charge in [0.25, 0.3) is 5.56 Å². The van der Waals surface area contributed by atoms with Crippen molar-refractivity contribution >= 4 is 27.3 Å². The Morgan fingerprint density at radius 3 is 2.31 bits per heavy atom. The maximum atomic E-state index is 14.8. The van der Waals surface area contributed by atoms with E-state index in [0.29, 0.717) is 42.3 Å². The number of rotatable bonds is 10. The molecule has 0 radical (unpaired) electrons. The van der Waals surface area contributed by atoms with Crippen molar-refractivity contribution in [3.63, 3.8) is 0 Å². The Morgan fingerprint density at radius 2 is 1.69 bits per heavy atom. The predicted octanol–water partition coefficient (Wildman–Crippen LogP) is 5.40. The first-order valence-corrected chi connectivity index (χ1v) is 15.1. The molecule has 1 aliphatic rings. The van der Waals surface area contributed by atoms with Crippen LogP contribution in [0.25, 0.3) is 20.7 Å². The first-order valence-electron chi connectivity index (χ1n) is 14.2. The summed E-state index contributed by atoms with van der Waals surface area (Å²) in [6.45, 7) is 1.67. The maximum Gasteiger partial charge on any atom is 0.332 e. The van der Waals surface area contributed by atoms with Gasteiger partial charge in [0.2, 0.25) is 0 Å². The monoisotopic (exact) mass is 596 g/mol. The summed E-state index contributed by atoms with van der Waals surface area (Å²) in [6.07, 6.45) is 2.90. The molecule has 42 heavy (non-hydrogen) atoms. The third-order valence-corrected chi connectivity index (χ3v) is 9.24. The molecule has 2 heterocycles. The van der Waals surface area contributed by atoms with Gasteiger partial charge in [-0.05, 0) is 60.9 Å². The second kappa shape index (κ2) is 12.8. The quantitative estimate of drug-likeness (QED) is 0.265. The Bertz CT molecular complexity index is 1700. The average molecular weight is 597 g/mol. The number of aromatic nitrogens is 2. The highest BCUT2D eigenvalue weighted by Crippen LogP contribution is 2.39. The normalized spacial score (nSPS) is 17.2. The molecule has 2 aromatic carbocycles. The highest BCUT2D eigenvalue weighted by atomic mass is 32.1. The minimum absolute atomic E-state index is 0.0328. The van der Waals surface area contributed by atoms with Crippen LogP contribution in [0.3, 0.4) is 0 Å². The van der Waals surface area contributed by atoms with Crippen LogP contribution in [0.1, 0.15) is 61.8 Å². The van der Waals surface area contributed by atoms with Gasteiger partial charge in [-0.3, -0.25) is 18.7 Å². The summed E-state index contributed by atoms with van der Waals surface area (Å²) in [6, 6.07) is 10.7. The molecule has 7 nitrogen and oxygen atoms in total. The molecule has 4 aromatic rings. The van der Waals surface area contributed by atoms with Crippen molar-refractivity contribution in [2.75, 3.05) is 13.7 Å². The van der Waals surface area contributed by atoms with E-state index in [1.807, 2.05) is 31.2 Å². The zero-order chi connectivity index (χ0) is 30.0. The number of carbonyl (C=O) groups excluding carboxylic acids is 1. The zero-order valence-electron chi connectivity index (χ0n) is 23.7. The molecule has 10 heteroatoms. The first kappa shape index (κ1) is 30.0. The number of thiophene rings is 1. The fourth-order valence-corrected chi connectivity index (χ4v) is 7.18. The Labute approximate surface area is 246 Å². The number of methoxy groups -OCH3 is 1. The van der Waals surface area contributed by atoms with Crippen molar-refractivity contribution in [1.82, 2.24) is 9.13 Å². The molecule has 0 spiro atoms. The van der Waals surface area contributed by atoms with Gasteiger partial charge in [-0.1, -0.05) is 43.7 Å². The van der Waals surface area contributed by atoms with Gasteiger partial charge >= 0.3 is 5.69 Å². The van der Waals surface area contributed by atoms with Gasteiger partial charge < -0.3 is 9.84 Å². The van der Waals surface area contributed by atoms with E-state index >= 15 is 0 Å². The van der Waals surface area contributed by atoms with Crippen LogP contribution in [0.4, 0.5) is 8.78 Å². The fourth-order valence-electron chi connectivity index (χ4n) is 5.84. The van der Waals surface area contributed by atoms with Crippen LogP contribution in [0.2, 0.25) is 0 Å². The zero-order valence-corrected chi connectivity index (χ0v) is 24.5. The Hall–Kier alpha value is -3.47. The Balaban J connectivity index is 1.72. The minimum atomic E-state index is -0.766. The lowest BCUT2D eigenvalue weighted by Crippen LogP contribution is -2.43. The molecule has 1 N–H and O–H groups in total. The minimum Gasteiger partial charge on any atom is -0.393 e. The highest BCUT2D eigenvalue weighted by Gasteiger charge is 2.29. The van der Waals surface area contributed by atoms with Gasteiger partial charge in [-0.15, -0.1) is 11.3 Å². The summed E-state index contributed by atoms with van der Waals surface area (Å²) in [5.74, 6) is -1.57. The third-order valence-electron chi connectivity index (χ3n) is 7.94. The van der Waals surface area contributed by atoms with E-state index in [-0.39, 0.29) is 30.9 Å². The van der Waals surface area contributed by atoms with E-state index in [9.17, 15) is 28.3 Å². The first-order chi connectivity index (χ1) is 20.2. The van der Waals surface area contributed by atoms with Crippen LogP contribution in [0.5, 0.6) is 0 Å². The molecule has 0 amide bonds. The van der Waals surface area contributed by atoms with E-state index < -0.39 is 35.0 Å². The number of hydrogen-bond donors (Lipinski definition) is 1. The number of aryl methyl sites for hydroxylation is 1. The second-order valence-electron chi connectivity index (χ2n) is 10.9. The van der Waals surface area contributed by atoms with E-state index in [4.69, 9.17) is 4.74 Å². The SMILES string of the molecule is CCCc1c(-c2ccc(CC(=O)COC)cc2)sc2c1c(=O)n(C1CCC(O)CC1)c(=O)n2Cc1c(F)cccc1F. The standard InChI is InChI=1S/C32H34F2N2O5S/c1-3-5-24-28-30(39)36(21-12-14-22(37)15-13-21)32(40)35(17-25-26(33)6-4-7-27(25)34)31(28)42-29(24)20-10-8-19(9-11-20)16-23(38)18-41-2/h4,6-11,21-22,37H,3,5,12-18H2,1-2H3. The van der Waals surface area contributed by atoms with Crippen LogP contribution >= 0.6 is 11.3 Å². The number of nitrogens with zero attached hydrogens (tertiary/aromatic N) is 2. The summed E-state index contributed by atoms with van der Waals surface area (Å²) >= 11 is 1.26. The molecule has 0 aliphatic heterocycles. The van der Waals surface area contributed by atoms with Gasteiger partial charge in [-0.25, -0.2) is 13.6 Å². The molecule has 0 unspecified atom stereocenters. The molecule has 0 saturated heterocycles. The average Bonchev–Trinajstić information content (AvgIpc) is 3.33. The second-order valence-corrected chi connectivity index (χ2v) is 11.9. The summed E-state index contributed by atoms with van der Waals surface area (Å²) in [5.41, 5.74) is 1.17. The van der Waals surface area contributed by atoms with Crippen LogP contribution in [-0.4, -0.2) is 39.8 Å². The number of halogens is 2. The number of carbonyl (C=O) groups is 1. The summed E-state index contributed by atoms with van der Waals surface area (Å²) in [4.78, 5) is 41.4. The lowest BCUT2D eigenvalue weighted by atomic mass is 9.93. The van der Waals surface area contributed by atoms with E-state index in [2.05, 4.69) is 0 Å². The summed E-state index contributed by atoms with van der Waals surface area (Å²) < 4.78 is 37.1. The molecule has 1 aliphatic carbocycles. The fraction of sp³-hybridized carbons (Fsp3) is 0.406.